The Balaban J connectivity index is 2.72. The maximum Gasteiger partial charge on any atom is 0.307 e. The number of ether oxygens (including phenoxy) is 1. The van der Waals surface area contributed by atoms with E-state index in [9.17, 15) is 9.18 Å². The molecule has 1 aromatic carbocycles. The normalized spacial score (nSPS) is 11.6. The summed E-state index contributed by atoms with van der Waals surface area (Å²) in [5.74, 6) is -1.45. The third-order valence-corrected chi connectivity index (χ3v) is 1.86. The summed E-state index contributed by atoms with van der Waals surface area (Å²) in [5, 5.41) is 17.0. The smallest absolute Gasteiger partial charge is 0.307 e. The average Bonchev–Trinajstić information content (AvgIpc) is 2.16. The van der Waals surface area contributed by atoms with Crippen LogP contribution in [0, 0.1) is 17.1 Å². The first kappa shape index (κ1) is 12.0. The lowest BCUT2D eigenvalue weighted by atomic mass is 10.2. The molecule has 16 heavy (non-hydrogen) atoms. The monoisotopic (exact) mass is 223 g/mol. The Bertz CT molecular complexity index is 439. The Morgan fingerprint density at radius 2 is 2.38 bits per heavy atom. The van der Waals surface area contributed by atoms with Gasteiger partial charge in [-0.1, -0.05) is 0 Å². The number of carboxylic acids is 1. The summed E-state index contributed by atoms with van der Waals surface area (Å²) in [6.45, 7) is 1.57. The number of benzene rings is 1. The molecule has 0 radical (unpaired) electrons. The van der Waals surface area contributed by atoms with E-state index in [0.717, 1.165) is 6.07 Å². The minimum Gasteiger partial charge on any atom is -0.490 e. The van der Waals surface area contributed by atoms with Crippen LogP contribution < -0.4 is 4.74 Å². The molecule has 0 aliphatic rings. The zero-order chi connectivity index (χ0) is 12.1. The van der Waals surface area contributed by atoms with Crippen LogP contribution in [0.2, 0.25) is 0 Å². The minimum absolute atomic E-state index is 0.0711. The zero-order valence-electron chi connectivity index (χ0n) is 8.61. The van der Waals surface area contributed by atoms with Crippen LogP contribution in [0.25, 0.3) is 0 Å². The summed E-state index contributed by atoms with van der Waals surface area (Å²) in [6, 6.07) is 5.47. The first-order valence-electron chi connectivity index (χ1n) is 4.61. The van der Waals surface area contributed by atoms with E-state index in [2.05, 4.69) is 0 Å². The van der Waals surface area contributed by atoms with Gasteiger partial charge in [-0.05, 0) is 19.1 Å². The number of halogens is 1. The van der Waals surface area contributed by atoms with Crippen molar-refractivity contribution >= 4 is 5.97 Å². The lowest BCUT2D eigenvalue weighted by Gasteiger charge is -2.12. The van der Waals surface area contributed by atoms with E-state index in [4.69, 9.17) is 15.1 Å². The Labute approximate surface area is 91.9 Å². The molecule has 0 aromatic heterocycles. The van der Waals surface area contributed by atoms with Gasteiger partial charge in [0.25, 0.3) is 0 Å². The molecule has 1 aromatic rings. The number of nitriles is 1. The minimum atomic E-state index is -0.985. The highest BCUT2D eigenvalue weighted by Crippen LogP contribution is 2.17. The first-order chi connectivity index (χ1) is 7.52. The van der Waals surface area contributed by atoms with Crippen molar-refractivity contribution in [3.63, 3.8) is 0 Å². The van der Waals surface area contributed by atoms with Gasteiger partial charge in [0.05, 0.1) is 12.0 Å². The molecule has 4 nitrogen and oxygen atoms in total. The van der Waals surface area contributed by atoms with Crippen molar-refractivity contribution < 1.29 is 19.0 Å². The fourth-order valence-corrected chi connectivity index (χ4v) is 1.18. The van der Waals surface area contributed by atoms with Crippen molar-refractivity contribution in [1.82, 2.24) is 0 Å². The van der Waals surface area contributed by atoms with Crippen molar-refractivity contribution in [3.8, 4) is 11.8 Å². The second-order valence-corrected chi connectivity index (χ2v) is 3.28. The average molecular weight is 223 g/mol. The molecular formula is C11H10FNO3. The van der Waals surface area contributed by atoms with Crippen LogP contribution in [-0.2, 0) is 4.79 Å². The molecule has 0 aliphatic carbocycles. The van der Waals surface area contributed by atoms with Crippen LogP contribution in [-0.4, -0.2) is 17.2 Å². The molecule has 0 saturated heterocycles. The molecule has 1 N–H and O–H groups in total. The Kier molecular flexibility index (Phi) is 3.84. The second kappa shape index (κ2) is 5.12. The molecular weight excluding hydrogens is 213 g/mol. The van der Waals surface area contributed by atoms with Gasteiger partial charge in [-0.25, -0.2) is 4.39 Å². The molecule has 0 saturated carbocycles. The molecule has 5 heteroatoms. The van der Waals surface area contributed by atoms with Gasteiger partial charge in [0.2, 0.25) is 0 Å². The highest BCUT2D eigenvalue weighted by molar-refractivity contribution is 5.67. The van der Waals surface area contributed by atoms with Gasteiger partial charge in [0, 0.05) is 6.07 Å². The van der Waals surface area contributed by atoms with E-state index in [1.54, 1.807) is 13.0 Å². The second-order valence-electron chi connectivity index (χ2n) is 3.28. The summed E-state index contributed by atoms with van der Waals surface area (Å²) < 4.78 is 18.3. The molecule has 0 aliphatic heterocycles. The fraction of sp³-hybridized carbons (Fsp3) is 0.273. The van der Waals surface area contributed by atoms with Crippen molar-refractivity contribution in [2.75, 3.05) is 0 Å². The largest absolute Gasteiger partial charge is 0.490 e. The number of hydrogen-bond donors (Lipinski definition) is 1. The summed E-state index contributed by atoms with van der Waals surface area (Å²) in [6.07, 6.45) is -0.716. The fourth-order valence-electron chi connectivity index (χ4n) is 1.18. The summed E-state index contributed by atoms with van der Waals surface area (Å²) in [4.78, 5) is 10.4. The molecule has 84 valence electrons. The van der Waals surface area contributed by atoms with Crippen LogP contribution in [0.3, 0.4) is 0 Å². The van der Waals surface area contributed by atoms with Gasteiger partial charge in [-0.15, -0.1) is 0 Å². The van der Waals surface area contributed by atoms with Gasteiger partial charge in [-0.2, -0.15) is 5.26 Å². The maximum absolute atomic E-state index is 13.1. The highest BCUT2D eigenvalue weighted by atomic mass is 19.1. The molecule has 1 rings (SSSR count). The van der Waals surface area contributed by atoms with Crippen LogP contribution in [0.4, 0.5) is 4.39 Å². The molecule has 0 bridgehead atoms. The third-order valence-electron chi connectivity index (χ3n) is 1.86. The summed E-state index contributed by atoms with van der Waals surface area (Å²) in [5.41, 5.74) is -0.0711. The molecule has 1 atom stereocenters. The van der Waals surface area contributed by atoms with Gasteiger partial charge >= 0.3 is 5.97 Å². The highest BCUT2D eigenvalue weighted by Gasteiger charge is 2.10. The molecule has 0 unspecified atom stereocenters. The lowest BCUT2D eigenvalue weighted by Crippen LogP contribution is -2.16. The molecule has 0 amide bonds. The summed E-state index contributed by atoms with van der Waals surface area (Å²) in [7, 11) is 0. The SMILES string of the molecule is C[C@@H](CC(=O)O)Oc1ccc(C#N)c(F)c1. The quantitative estimate of drug-likeness (QED) is 0.846. The van der Waals surface area contributed by atoms with Crippen LogP contribution >= 0.6 is 0 Å². The standard InChI is InChI=1S/C11H10FNO3/c1-7(4-11(14)15)16-9-3-2-8(6-13)10(12)5-9/h2-3,5,7H,4H2,1H3,(H,14,15)/t7-/m0/s1. The number of carboxylic acid groups (broad SMARTS) is 1. The third kappa shape index (κ3) is 3.24. The van der Waals surface area contributed by atoms with Crippen LogP contribution in [0.5, 0.6) is 5.75 Å². The van der Waals surface area contributed by atoms with Crippen molar-refractivity contribution in [1.29, 1.82) is 5.26 Å². The van der Waals surface area contributed by atoms with Gasteiger partial charge in [0.15, 0.2) is 0 Å². The van der Waals surface area contributed by atoms with E-state index in [1.807, 2.05) is 0 Å². The van der Waals surface area contributed by atoms with E-state index >= 15 is 0 Å². The first-order valence-corrected chi connectivity index (χ1v) is 4.61. The molecule has 0 spiro atoms. The van der Waals surface area contributed by atoms with Crippen molar-refractivity contribution in [3.05, 3.63) is 29.6 Å². The van der Waals surface area contributed by atoms with Gasteiger partial charge in [-0.3, -0.25) is 4.79 Å². The predicted octanol–water partition coefficient (Wildman–Crippen LogP) is 1.94. The van der Waals surface area contributed by atoms with Gasteiger partial charge in [0.1, 0.15) is 23.7 Å². The number of nitrogens with zero attached hydrogens (tertiary/aromatic N) is 1. The van der Waals surface area contributed by atoms with Crippen molar-refractivity contribution in [2.45, 2.75) is 19.4 Å². The molecule has 0 heterocycles. The van der Waals surface area contributed by atoms with Crippen LogP contribution in [0.15, 0.2) is 18.2 Å². The maximum atomic E-state index is 13.1. The predicted molar refractivity (Wildman–Crippen MR) is 53.5 cm³/mol. The van der Waals surface area contributed by atoms with E-state index < -0.39 is 17.9 Å². The van der Waals surface area contributed by atoms with E-state index in [1.165, 1.54) is 12.1 Å². The number of aliphatic carboxylic acids is 1. The summed E-state index contributed by atoms with van der Waals surface area (Å²) >= 11 is 0. The number of rotatable bonds is 4. The molecule has 0 fully saturated rings. The Morgan fingerprint density at radius 1 is 1.69 bits per heavy atom. The Morgan fingerprint density at radius 3 is 2.88 bits per heavy atom. The van der Waals surface area contributed by atoms with E-state index in [0.29, 0.717) is 0 Å². The van der Waals surface area contributed by atoms with Crippen LogP contribution in [0.1, 0.15) is 18.9 Å². The topological polar surface area (TPSA) is 70.3 Å². The van der Waals surface area contributed by atoms with Gasteiger partial charge < -0.3 is 9.84 Å². The number of carbonyl (C=O) groups is 1. The Hall–Kier alpha value is -2.09. The van der Waals surface area contributed by atoms with E-state index in [-0.39, 0.29) is 17.7 Å². The zero-order valence-corrected chi connectivity index (χ0v) is 8.61. The van der Waals surface area contributed by atoms with Crippen molar-refractivity contribution in [2.24, 2.45) is 0 Å². The lowest BCUT2D eigenvalue weighted by molar-refractivity contribution is -0.138. The number of hydrogen-bond acceptors (Lipinski definition) is 3.